The number of hydrogen-bond acceptors (Lipinski definition) is 4. The van der Waals surface area contributed by atoms with Gasteiger partial charge in [-0.2, -0.15) is 4.31 Å². The molecule has 0 atom stereocenters. The molecule has 0 unspecified atom stereocenters. The fraction of sp³-hybridized carbons (Fsp3) is 0.444. The summed E-state index contributed by atoms with van der Waals surface area (Å²) in [7, 11) is -3.79. The van der Waals surface area contributed by atoms with Crippen LogP contribution in [0.5, 0.6) is 0 Å². The molecule has 16 heavy (non-hydrogen) atoms. The van der Waals surface area contributed by atoms with E-state index in [2.05, 4.69) is 4.42 Å². The van der Waals surface area contributed by atoms with E-state index in [1.807, 2.05) is 0 Å². The quantitative estimate of drug-likeness (QED) is 0.830. The molecule has 0 saturated heterocycles. The van der Waals surface area contributed by atoms with Crippen LogP contribution in [0.4, 0.5) is 0 Å². The summed E-state index contributed by atoms with van der Waals surface area (Å²) in [6.45, 7) is 2.66. The predicted octanol–water partition coefficient (Wildman–Crippen LogP) is 0.763. The van der Waals surface area contributed by atoms with Gasteiger partial charge in [-0.25, -0.2) is 8.42 Å². The number of carboxylic acids is 1. The Morgan fingerprint density at radius 1 is 1.56 bits per heavy atom. The topological polar surface area (TPSA) is 87.8 Å². The van der Waals surface area contributed by atoms with E-state index in [0.29, 0.717) is 0 Å². The summed E-state index contributed by atoms with van der Waals surface area (Å²) in [6.07, 6.45) is 2.30. The largest absolute Gasteiger partial charge is 0.480 e. The van der Waals surface area contributed by atoms with Crippen molar-refractivity contribution in [1.29, 1.82) is 0 Å². The van der Waals surface area contributed by atoms with Crippen molar-refractivity contribution in [3.63, 3.8) is 0 Å². The molecular formula is C9H13NO5S. The van der Waals surface area contributed by atoms with E-state index in [1.54, 1.807) is 13.8 Å². The smallest absolute Gasteiger partial charge is 0.318 e. The first-order valence-corrected chi connectivity index (χ1v) is 6.05. The molecule has 1 heterocycles. The van der Waals surface area contributed by atoms with Gasteiger partial charge in [0.1, 0.15) is 17.7 Å². The third-order valence-corrected chi connectivity index (χ3v) is 3.96. The van der Waals surface area contributed by atoms with Crippen LogP contribution >= 0.6 is 0 Å². The number of aliphatic carboxylic acids is 1. The predicted molar refractivity (Wildman–Crippen MR) is 55.4 cm³/mol. The van der Waals surface area contributed by atoms with Crippen molar-refractivity contribution < 1.29 is 22.7 Å². The van der Waals surface area contributed by atoms with E-state index in [4.69, 9.17) is 5.11 Å². The highest BCUT2D eigenvalue weighted by atomic mass is 32.2. The molecule has 90 valence electrons. The molecule has 0 saturated carbocycles. The van der Waals surface area contributed by atoms with Gasteiger partial charge in [-0.1, -0.05) is 0 Å². The lowest BCUT2D eigenvalue weighted by Crippen LogP contribution is -2.40. The first-order valence-electron chi connectivity index (χ1n) is 4.61. The molecule has 0 aliphatic rings. The summed E-state index contributed by atoms with van der Waals surface area (Å²) >= 11 is 0. The average molecular weight is 247 g/mol. The minimum atomic E-state index is -3.79. The lowest BCUT2D eigenvalue weighted by molar-refractivity contribution is -0.137. The molecule has 1 rings (SSSR count). The first kappa shape index (κ1) is 12.7. The maximum Gasteiger partial charge on any atom is 0.318 e. The maximum atomic E-state index is 12.0. The number of carboxylic acid groups (broad SMARTS) is 1. The van der Waals surface area contributed by atoms with Crippen molar-refractivity contribution >= 4 is 16.0 Å². The van der Waals surface area contributed by atoms with Crippen molar-refractivity contribution in [2.24, 2.45) is 0 Å². The second-order valence-electron chi connectivity index (χ2n) is 3.50. The van der Waals surface area contributed by atoms with Crippen LogP contribution in [0.25, 0.3) is 0 Å². The van der Waals surface area contributed by atoms with Crippen molar-refractivity contribution in [2.45, 2.75) is 24.8 Å². The Balaban J connectivity index is 3.08. The van der Waals surface area contributed by atoms with Gasteiger partial charge in [0.2, 0.25) is 10.0 Å². The van der Waals surface area contributed by atoms with Gasteiger partial charge in [0.05, 0.1) is 6.26 Å². The Kier molecular flexibility index (Phi) is 3.71. The van der Waals surface area contributed by atoms with Crippen LogP contribution in [-0.2, 0) is 14.8 Å². The van der Waals surface area contributed by atoms with Gasteiger partial charge < -0.3 is 9.52 Å². The van der Waals surface area contributed by atoms with Gasteiger partial charge >= 0.3 is 5.97 Å². The molecule has 0 aliphatic carbocycles. The molecule has 7 heteroatoms. The molecule has 1 aromatic rings. The number of rotatable bonds is 5. The standard InChI is InChI=1S/C9H13NO5S/c1-7(2)10(5-9(11)12)16(13,14)8-3-4-15-6-8/h3-4,6-7H,5H2,1-2H3,(H,11,12). The van der Waals surface area contributed by atoms with E-state index in [1.165, 1.54) is 12.3 Å². The fourth-order valence-corrected chi connectivity index (χ4v) is 2.72. The van der Waals surface area contributed by atoms with Crippen LogP contribution in [0.1, 0.15) is 13.8 Å². The molecule has 6 nitrogen and oxygen atoms in total. The Hall–Kier alpha value is -1.34. The first-order chi connectivity index (χ1) is 7.35. The highest BCUT2D eigenvalue weighted by Gasteiger charge is 2.29. The molecular weight excluding hydrogens is 234 g/mol. The van der Waals surface area contributed by atoms with E-state index in [-0.39, 0.29) is 4.90 Å². The molecule has 0 fully saturated rings. The van der Waals surface area contributed by atoms with Crippen LogP contribution in [0.3, 0.4) is 0 Å². The summed E-state index contributed by atoms with van der Waals surface area (Å²) < 4.78 is 29.5. The van der Waals surface area contributed by atoms with Gasteiger partial charge in [-0.3, -0.25) is 4.79 Å². The van der Waals surface area contributed by atoms with Crippen molar-refractivity contribution in [1.82, 2.24) is 4.31 Å². The minimum Gasteiger partial charge on any atom is -0.480 e. The highest BCUT2D eigenvalue weighted by molar-refractivity contribution is 7.89. The Morgan fingerprint density at radius 2 is 2.19 bits per heavy atom. The zero-order chi connectivity index (χ0) is 12.3. The molecule has 0 amide bonds. The van der Waals surface area contributed by atoms with E-state index in [0.717, 1.165) is 10.6 Å². The second-order valence-corrected chi connectivity index (χ2v) is 5.39. The molecule has 1 aromatic heterocycles. The third kappa shape index (κ3) is 2.61. The minimum absolute atomic E-state index is 0.0394. The summed E-state index contributed by atoms with van der Waals surface area (Å²) in [5.74, 6) is -1.19. The number of sulfonamides is 1. The van der Waals surface area contributed by atoms with Crippen LogP contribution in [0.2, 0.25) is 0 Å². The lowest BCUT2D eigenvalue weighted by atomic mass is 10.4. The summed E-state index contributed by atoms with van der Waals surface area (Å²) in [6, 6.07) is 0.850. The second kappa shape index (κ2) is 4.67. The van der Waals surface area contributed by atoms with Crippen molar-refractivity contribution in [3.05, 3.63) is 18.6 Å². The monoisotopic (exact) mass is 247 g/mol. The normalized spacial score (nSPS) is 12.2. The molecule has 0 spiro atoms. The van der Waals surface area contributed by atoms with Crippen LogP contribution < -0.4 is 0 Å². The van der Waals surface area contributed by atoms with Gasteiger partial charge in [0, 0.05) is 6.04 Å². The Bertz CT molecular complexity index is 448. The fourth-order valence-electron chi connectivity index (χ4n) is 1.21. The van der Waals surface area contributed by atoms with Gasteiger partial charge in [0.15, 0.2) is 0 Å². The molecule has 1 N–H and O–H groups in total. The maximum absolute atomic E-state index is 12.0. The Morgan fingerprint density at radius 3 is 2.56 bits per heavy atom. The SMILES string of the molecule is CC(C)N(CC(=O)O)S(=O)(=O)c1ccoc1. The lowest BCUT2D eigenvalue weighted by Gasteiger charge is -2.23. The number of hydrogen-bond donors (Lipinski definition) is 1. The van der Waals surface area contributed by atoms with Crippen LogP contribution in [0.15, 0.2) is 27.9 Å². The zero-order valence-corrected chi connectivity index (χ0v) is 9.77. The molecule has 0 aromatic carbocycles. The van der Waals surface area contributed by atoms with Crippen LogP contribution in [0, 0.1) is 0 Å². The van der Waals surface area contributed by atoms with E-state index in [9.17, 15) is 13.2 Å². The average Bonchev–Trinajstić information content (AvgIpc) is 2.66. The van der Waals surface area contributed by atoms with E-state index >= 15 is 0 Å². The molecule has 0 bridgehead atoms. The van der Waals surface area contributed by atoms with Crippen LogP contribution in [-0.4, -0.2) is 36.4 Å². The van der Waals surface area contributed by atoms with Gasteiger partial charge in [0.25, 0.3) is 0 Å². The number of furan rings is 1. The van der Waals surface area contributed by atoms with Gasteiger partial charge in [-0.15, -0.1) is 0 Å². The van der Waals surface area contributed by atoms with E-state index < -0.39 is 28.6 Å². The summed E-state index contributed by atoms with van der Waals surface area (Å²) in [5, 5.41) is 8.66. The number of nitrogens with zero attached hydrogens (tertiary/aromatic N) is 1. The van der Waals surface area contributed by atoms with Gasteiger partial charge in [-0.05, 0) is 19.9 Å². The summed E-state index contributed by atoms with van der Waals surface area (Å²) in [5.41, 5.74) is 0. The molecule has 0 radical (unpaired) electrons. The zero-order valence-electron chi connectivity index (χ0n) is 8.95. The molecule has 0 aliphatic heterocycles. The third-order valence-electron chi connectivity index (χ3n) is 1.97. The summed E-state index contributed by atoms with van der Waals surface area (Å²) in [4.78, 5) is 10.6. The Labute approximate surface area is 93.5 Å². The van der Waals surface area contributed by atoms with Crippen molar-refractivity contribution in [2.75, 3.05) is 6.54 Å². The number of carbonyl (C=O) groups is 1. The van der Waals surface area contributed by atoms with Crippen molar-refractivity contribution in [3.8, 4) is 0 Å². The highest BCUT2D eigenvalue weighted by Crippen LogP contribution is 2.18.